The number of rotatable bonds is 7. The van der Waals surface area contributed by atoms with Crippen molar-refractivity contribution in [1.29, 1.82) is 0 Å². The minimum atomic E-state index is -1.20. The smallest absolute Gasteiger partial charge is 0.407 e. The third kappa shape index (κ3) is 6.23. The first-order valence-corrected chi connectivity index (χ1v) is 7.44. The lowest BCUT2D eigenvalue weighted by Crippen LogP contribution is -2.34. The van der Waals surface area contributed by atoms with Crippen LogP contribution in [-0.2, 0) is 17.7 Å². The Morgan fingerprint density at radius 1 is 1.39 bits per heavy atom. The number of ether oxygens (including phenoxy) is 1. The van der Waals surface area contributed by atoms with Crippen LogP contribution in [0.15, 0.2) is 0 Å². The summed E-state index contributed by atoms with van der Waals surface area (Å²) in [4.78, 5) is 22.8. The third-order valence-electron chi connectivity index (χ3n) is 2.93. The van der Waals surface area contributed by atoms with Crippen LogP contribution in [0.3, 0.4) is 0 Å². The molecule has 1 amide bonds. The number of hydrogen-bond donors (Lipinski definition) is 3. The number of aromatic nitrogens is 3. The van der Waals surface area contributed by atoms with Gasteiger partial charge in [0, 0.05) is 13.0 Å². The van der Waals surface area contributed by atoms with Gasteiger partial charge in [-0.3, -0.25) is 0 Å². The number of aliphatic hydroxyl groups excluding tert-OH is 1. The van der Waals surface area contributed by atoms with Crippen LogP contribution in [0, 0.1) is 0 Å². The average Bonchev–Trinajstić information content (AvgIpc) is 2.79. The Labute approximate surface area is 134 Å². The molecule has 9 heteroatoms. The minimum Gasteiger partial charge on any atom is -0.476 e. The molecule has 0 aromatic carbocycles. The highest BCUT2D eigenvalue weighted by molar-refractivity contribution is 5.86. The topological polar surface area (TPSA) is 127 Å². The molecule has 0 aliphatic carbocycles. The normalized spacial score (nSPS) is 12.7. The van der Waals surface area contributed by atoms with Gasteiger partial charge in [-0.25, -0.2) is 14.3 Å². The van der Waals surface area contributed by atoms with Crippen molar-refractivity contribution < 1.29 is 24.5 Å². The summed E-state index contributed by atoms with van der Waals surface area (Å²) in [7, 11) is 0. The highest BCUT2D eigenvalue weighted by atomic mass is 16.6. The molecule has 0 fully saturated rings. The predicted octanol–water partition coefficient (Wildman–Crippen LogP) is 0.814. The van der Waals surface area contributed by atoms with Gasteiger partial charge >= 0.3 is 12.1 Å². The molecule has 1 aromatic rings. The van der Waals surface area contributed by atoms with E-state index < -0.39 is 23.8 Å². The fraction of sp³-hybridized carbons (Fsp3) is 0.714. The molecule has 1 atom stereocenters. The number of hydrogen-bond acceptors (Lipinski definition) is 6. The Morgan fingerprint density at radius 3 is 2.57 bits per heavy atom. The summed E-state index contributed by atoms with van der Waals surface area (Å²) in [5.74, 6) is -1.20. The second-order valence-electron chi connectivity index (χ2n) is 6.11. The number of aliphatic hydroxyl groups is 1. The first kappa shape index (κ1) is 18.9. The van der Waals surface area contributed by atoms with Gasteiger partial charge in [-0.2, -0.15) is 0 Å². The Kier molecular flexibility index (Phi) is 6.49. The summed E-state index contributed by atoms with van der Waals surface area (Å²) in [6, 6.07) is 0. The average molecular weight is 328 g/mol. The first-order chi connectivity index (χ1) is 10.6. The van der Waals surface area contributed by atoms with Crippen molar-refractivity contribution >= 4 is 12.1 Å². The number of alkyl carbamates (subject to hydrolysis) is 1. The lowest BCUT2D eigenvalue weighted by molar-refractivity contribution is 0.0527. The summed E-state index contributed by atoms with van der Waals surface area (Å²) in [6.45, 7) is 7.38. The molecule has 0 radical (unpaired) electrons. The number of carboxylic acids is 1. The van der Waals surface area contributed by atoms with Gasteiger partial charge in [0.05, 0.1) is 18.3 Å². The van der Waals surface area contributed by atoms with E-state index in [1.165, 1.54) is 4.68 Å². The predicted molar refractivity (Wildman–Crippen MR) is 81.2 cm³/mol. The number of aromatic carboxylic acids is 1. The standard InChI is InChI=1S/C14H24N4O5/c1-5-9(19)8-18-10(11(12(20)21)16-17-18)6-7-15-13(22)23-14(2,3)4/h9,19H,5-8H2,1-4H3,(H,15,22)(H,20,21). The van der Waals surface area contributed by atoms with Gasteiger partial charge in [0.1, 0.15) is 5.60 Å². The van der Waals surface area contributed by atoms with E-state index in [9.17, 15) is 14.7 Å². The maximum atomic E-state index is 11.6. The Balaban J connectivity index is 2.72. The zero-order chi connectivity index (χ0) is 17.6. The Hall–Kier alpha value is -2.16. The molecule has 9 nitrogen and oxygen atoms in total. The van der Waals surface area contributed by atoms with Gasteiger partial charge in [-0.15, -0.1) is 5.10 Å². The molecule has 0 aliphatic rings. The van der Waals surface area contributed by atoms with Crippen molar-refractivity contribution in [2.24, 2.45) is 0 Å². The largest absolute Gasteiger partial charge is 0.476 e. The van der Waals surface area contributed by atoms with Crippen LogP contribution in [0.5, 0.6) is 0 Å². The zero-order valence-corrected chi connectivity index (χ0v) is 13.9. The fourth-order valence-electron chi connectivity index (χ4n) is 1.82. The van der Waals surface area contributed by atoms with E-state index in [-0.39, 0.29) is 25.2 Å². The molecule has 23 heavy (non-hydrogen) atoms. The molecule has 130 valence electrons. The summed E-state index contributed by atoms with van der Waals surface area (Å²) in [6.07, 6.45) is -0.500. The van der Waals surface area contributed by atoms with E-state index in [1.54, 1.807) is 20.8 Å². The summed E-state index contributed by atoms with van der Waals surface area (Å²) in [5, 5.41) is 28.8. The van der Waals surface area contributed by atoms with Crippen LogP contribution in [-0.4, -0.2) is 55.5 Å². The van der Waals surface area contributed by atoms with Gasteiger partial charge in [-0.05, 0) is 27.2 Å². The molecule has 0 bridgehead atoms. The fourth-order valence-corrected chi connectivity index (χ4v) is 1.82. The monoisotopic (exact) mass is 328 g/mol. The van der Waals surface area contributed by atoms with E-state index in [0.29, 0.717) is 12.1 Å². The Morgan fingerprint density at radius 2 is 2.04 bits per heavy atom. The van der Waals surface area contributed by atoms with Gasteiger partial charge in [-0.1, -0.05) is 12.1 Å². The van der Waals surface area contributed by atoms with E-state index in [2.05, 4.69) is 15.6 Å². The molecule has 1 rings (SSSR count). The molecule has 0 aliphatic heterocycles. The molecule has 1 unspecified atom stereocenters. The number of nitrogens with one attached hydrogen (secondary N) is 1. The van der Waals surface area contributed by atoms with Gasteiger partial charge in [0.2, 0.25) is 0 Å². The van der Waals surface area contributed by atoms with E-state index in [4.69, 9.17) is 9.84 Å². The van der Waals surface area contributed by atoms with Crippen molar-refractivity contribution in [1.82, 2.24) is 20.3 Å². The quantitative estimate of drug-likeness (QED) is 0.676. The summed E-state index contributed by atoms with van der Waals surface area (Å²) in [5.41, 5.74) is -0.439. The lowest BCUT2D eigenvalue weighted by Gasteiger charge is -2.19. The number of carbonyl (C=O) groups is 2. The summed E-state index contributed by atoms with van der Waals surface area (Å²) >= 11 is 0. The SMILES string of the molecule is CCC(O)Cn1nnc(C(=O)O)c1CCNC(=O)OC(C)(C)C. The van der Waals surface area contributed by atoms with Crippen molar-refractivity contribution in [3.8, 4) is 0 Å². The van der Waals surface area contributed by atoms with Crippen LogP contribution >= 0.6 is 0 Å². The maximum Gasteiger partial charge on any atom is 0.407 e. The van der Waals surface area contributed by atoms with Crippen molar-refractivity contribution in [2.75, 3.05) is 6.54 Å². The molecule has 3 N–H and O–H groups in total. The molecule has 0 spiro atoms. The van der Waals surface area contributed by atoms with E-state index in [1.807, 2.05) is 6.92 Å². The van der Waals surface area contributed by atoms with Gasteiger partial charge < -0.3 is 20.3 Å². The van der Waals surface area contributed by atoms with Crippen LogP contribution in [0.4, 0.5) is 4.79 Å². The van der Waals surface area contributed by atoms with Crippen molar-refractivity contribution in [3.63, 3.8) is 0 Å². The maximum absolute atomic E-state index is 11.6. The van der Waals surface area contributed by atoms with Crippen molar-refractivity contribution in [3.05, 3.63) is 11.4 Å². The number of nitrogens with zero attached hydrogens (tertiary/aromatic N) is 3. The van der Waals surface area contributed by atoms with Crippen LogP contribution in [0.2, 0.25) is 0 Å². The van der Waals surface area contributed by atoms with Crippen molar-refractivity contribution in [2.45, 2.75) is 58.8 Å². The second-order valence-corrected chi connectivity index (χ2v) is 6.11. The van der Waals surface area contributed by atoms with Crippen LogP contribution in [0.1, 0.15) is 50.3 Å². The van der Waals surface area contributed by atoms with Gasteiger partial charge in [0.15, 0.2) is 5.69 Å². The number of amides is 1. The third-order valence-corrected chi connectivity index (χ3v) is 2.93. The molecular weight excluding hydrogens is 304 g/mol. The molecule has 1 heterocycles. The summed E-state index contributed by atoms with van der Waals surface area (Å²) < 4.78 is 6.46. The highest BCUT2D eigenvalue weighted by Crippen LogP contribution is 2.09. The van der Waals surface area contributed by atoms with Crippen LogP contribution < -0.4 is 5.32 Å². The second kappa shape index (κ2) is 7.91. The van der Waals surface area contributed by atoms with E-state index >= 15 is 0 Å². The molecular formula is C14H24N4O5. The zero-order valence-electron chi connectivity index (χ0n) is 13.9. The first-order valence-electron chi connectivity index (χ1n) is 7.44. The lowest BCUT2D eigenvalue weighted by atomic mass is 10.2. The molecule has 0 saturated heterocycles. The van der Waals surface area contributed by atoms with E-state index in [0.717, 1.165) is 0 Å². The van der Waals surface area contributed by atoms with Gasteiger partial charge in [0.25, 0.3) is 0 Å². The minimum absolute atomic E-state index is 0.151. The highest BCUT2D eigenvalue weighted by Gasteiger charge is 2.21. The Bertz CT molecular complexity index is 550. The van der Waals surface area contributed by atoms with Crippen LogP contribution in [0.25, 0.3) is 0 Å². The molecule has 0 saturated carbocycles. The number of carbonyl (C=O) groups excluding carboxylic acids is 1. The number of carboxylic acid groups (broad SMARTS) is 1. The molecule has 1 aromatic heterocycles.